The molecule has 2 rings (SSSR count). The minimum atomic E-state index is 0.121. The highest BCUT2D eigenvalue weighted by molar-refractivity contribution is 5.84. The molecule has 14 heavy (non-hydrogen) atoms. The van der Waals surface area contributed by atoms with Crippen LogP contribution < -0.4 is 0 Å². The summed E-state index contributed by atoms with van der Waals surface area (Å²) in [6, 6.07) is 10.6. The minimum Gasteiger partial charge on any atom is -0.392 e. The van der Waals surface area contributed by atoms with Crippen molar-refractivity contribution in [2.45, 2.75) is 20.5 Å². The summed E-state index contributed by atoms with van der Waals surface area (Å²) >= 11 is 0. The largest absolute Gasteiger partial charge is 0.392 e. The number of rotatable bonds is 1. The van der Waals surface area contributed by atoms with Gasteiger partial charge in [0.05, 0.1) is 6.61 Å². The summed E-state index contributed by atoms with van der Waals surface area (Å²) in [6.45, 7) is 4.23. The molecule has 0 aliphatic carbocycles. The Balaban J connectivity index is 2.73. The van der Waals surface area contributed by atoms with Gasteiger partial charge in [0.1, 0.15) is 0 Å². The van der Waals surface area contributed by atoms with Gasteiger partial charge < -0.3 is 5.11 Å². The van der Waals surface area contributed by atoms with E-state index >= 15 is 0 Å². The molecule has 1 heteroatoms. The van der Waals surface area contributed by atoms with E-state index in [0.29, 0.717) is 0 Å². The number of hydrogen-bond donors (Lipinski definition) is 1. The van der Waals surface area contributed by atoms with Crippen molar-refractivity contribution in [3.05, 3.63) is 47.0 Å². The van der Waals surface area contributed by atoms with Crippen LogP contribution in [0.3, 0.4) is 0 Å². The van der Waals surface area contributed by atoms with Crippen molar-refractivity contribution in [1.82, 2.24) is 0 Å². The highest BCUT2D eigenvalue weighted by Crippen LogP contribution is 2.20. The molecule has 0 aliphatic rings. The van der Waals surface area contributed by atoms with Crippen LogP contribution in [0, 0.1) is 13.8 Å². The van der Waals surface area contributed by atoms with E-state index in [4.69, 9.17) is 5.11 Å². The predicted octanol–water partition coefficient (Wildman–Crippen LogP) is 2.95. The average molecular weight is 186 g/mol. The smallest absolute Gasteiger partial charge is 0.0684 e. The molecule has 0 spiro atoms. The van der Waals surface area contributed by atoms with Crippen LogP contribution in [0.25, 0.3) is 10.8 Å². The first-order chi connectivity index (χ1) is 6.70. The Hall–Kier alpha value is -1.34. The quantitative estimate of drug-likeness (QED) is 0.726. The van der Waals surface area contributed by atoms with E-state index < -0.39 is 0 Å². The molecule has 2 aromatic carbocycles. The number of aryl methyl sites for hydroxylation is 2. The van der Waals surface area contributed by atoms with Crippen molar-refractivity contribution in [2.24, 2.45) is 0 Å². The Morgan fingerprint density at radius 3 is 2.50 bits per heavy atom. The van der Waals surface area contributed by atoms with Crippen LogP contribution in [-0.4, -0.2) is 5.11 Å². The molecule has 0 saturated carbocycles. The highest BCUT2D eigenvalue weighted by atomic mass is 16.3. The summed E-state index contributed by atoms with van der Waals surface area (Å²) in [5.74, 6) is 0. The van der Waals surface area contributed by atoms with Gasteiger partial charge in [-0.15, -0.1) is 0 Å². The van der Waals surface area contributed by atoms with Crippen LogP contribution in [-0.2, 0) is 6.61 Å². The number of hydrogen-bond acceptors (Lipinski definition) is 1. The molecular weight excluding hydrogens is 172 g/mol. The molecule has 0 heterocycles. The zero-order valence-corrected chi connectivity index (χ0v) is 8.54. The lowest BCUT2D eigenvalue weighted by molar-refractivity contribution is 0.281. The molecule has 1 N–H and O–H groups in total. The number of aliphatic hydroxyl groups excluding tert-OH is 1. The van der Waals surface area contributed by atoms with Crippen molar-refractivity contribution < 1.29 is 5.11 Å². The maximum Gasteiger partial charge on any atom is 0.0684 e. The van der Waals surface area contributed by atoms with Crippen LogP contribution in [0.1, 0.15) is 16.7 Å². The summed E-state index contributed by atoms with van der Waals surface area (Å²) in [7, 11) is 0. The Kier molecular flexibility index (Phi) is 2.26. The highest BCUT2D eigenvalue weighted by Gasteiger charge is 2.00. The third kappa shape index (κ3) is 1.51. The van der Waals surface area contributed by atoms with Crippen molar-refractivity contribution in [3.8, 4) is 0 Å². The molecule has 72 valence electrons. The van der Waals surface area contributed by atoms with Crippen LogP contribution in [0.15, 0.2) is 30.3 Å². The predicted molar refractivity (Wildman–Crippen MR) is 59.3 cm³/mol. The van der Waals surface area contributed by atoms with Gasteiger partial charge in [-0.3, -0.25) is 0 Å². The van der Waals surface area contributed by atoms with Gasteiger partial charge in [0.25, 0.3) is 0 Å². The lowest BCUT2D eigenvalue weighted by Gasteiger charge is -2.06. The van der Waals surface area contributed by atoms with Gasteiger partial charge in [0, 0.05) is 0 Å². The molecule has 2 aromatic rings. The standard InChI is InChI=1S/C13H14O/c1-9-3-4-11-6-10(2)13(8-14)7-12(11)5-9/h3-7,14H,8H2,1-2H3. The Labute approximate surface area is 84.0 Å². The van der Waals surface area contributed by atoms with Crippen LogP contribution in [0.5, 0.6) is 0 Å². The normalized spacial score (nSPS) is 10.8. The molecule has 0 atom stereocenters. The minimum absolute atomic E-state index is 0.121. The zero-order valence-electron chi connectivity index (χ0n) is 8.54. The van der Waals surface area contributed by atoms with Gasteiger partial charge in [-0.05, 0) is 41.8 Å². The summed E-state index contributed by atoms with van der Waals surface area (Å²) in [5.41, 5.74) is 3.43. The second kappa shape index (κ2) is 3.43. The SMILES string of the molecule is Cc1ccc2cc(C)c(CO)cc2c1. The van der Waals surface area contributed by atoms with E-state index in [1.54, 1.807) is 0 Å². The Morgan fingerprint density at radius 1 is 1.00 bits per heavy atom. The summed E-state index contributed by atoms with van der Waals surface area (Å²) in [5, 5.41) is 11.6. The fourth-order valence-corrected chi connectivity index (χ4v) is 1.75. The fraction of sp³-hybridized carbons (Fsp3) is 0.231. The molecule has 0 aromatic heterocycles. The van der Waals surface area contributed by atoms with E-state index in [1.165, 1.54) is 16.3 Å². The lowest BCUT2D eigenvalue weighted by atomic mass is 10.0. The third-order valence-corrected chi connectivity index (χ3v) is 2.62. The van der Waals surface area contributed by atoms with Gasteiger partial charge in [-0.2, -0.15) is 0 Å². The maximum absolute atomic E-state index is 9.15. The van der Waals surface area contributed by atoms with Gasteiger partial charge in [0.15, 0.2) is 0 Å². The fourth-order valence-electron chi connectivity index (χ4n) is 1.75. The third-order valence-electron chi connectivity index (χ3n) is 2.62. The first kappa shape index (κ1) is 9.22. The first-order valence-corrected chi connectivity index (χ1v) is 4.81. The number of fused-ring (bicyclic) bond motifs is 1. The average Bonchev–Trinajstić information content (AvgIpc) is 2.17. The lowest BCUT2D eigenvalue weighted by Crippen LogP contribution is -1.89. The Bertz CT molecular complexity index is 472. The van der Waals surface area contributed by atoms with Crippen molar-refractivity contribution >= 4 is 10.8 Å². The molecule has 0 aliphatic heterocycles. The van der Waals surface area contributed by atoms with E-state index in [9.17, 15) is 0 Å². The molecule has 1 nitrogen and oxygen atoms in total. The van der Waals surface area contributed by atoms with Crippen molar-refractivity contribution in [3.63, 3.8) is 0 Å². The topological polar surface area (TPSA) is 20.2 Å². The molecule has 0 bridgehead atoms. The number of benzene rings is 2. The summed E-state index contributed by atoms with van der Waals surface area (Å²) < 4.78 is 0. The summed E-state index contributed by atoms with van der Waals surface area (Å²) in [4.78, 5) is 0. The molecule has 0 amide bonds. The molecule has 0 radical (unpaired) electrons. The second-order valence-electron chi connectivity index (χ2n) is 3.79. The number of aliphatic hydroxyl groups is 1. The van der Waals surface area contributed by atoms with Gasteiger partial charge in [0.2, 0.25) is 0 Å². The maximum atomic E-state index is 9.15. The monoisotopic (exact) mass is 186 g/mol. The van der Waals surface area contributed by atoms with Crippen LogP contribution in [0.4, 0.5) is 0 Å². The molecule has 0 saturated heterocycles. The second-order valence-corrected chi connectivity index (χ2v) is 3.79. The van der Waals surface area contributed by atoms with Crippen molar-refractivity contribution in [1.29, 1.82) is 0 Å². The van der Waals surface area contributed by atoms with E-state index in [1.807, 2.05) is 6.92 Å². The van der Waals surface area contributed by atoms with E-state index in [0.717, 1.165) is 11.1 Å². The van der Waals surface area contributed by atoms with Crippen LogP contribution in [0.2, 0.25) is 0 Å². The van der Waals surface area contributed by atoms with Gasteiger partial charge >= 0.3 is 0 Å². The Morgan fingerprint density at radius 2 is 1.79 bits per heavy atom. The van der Waals surface area contributed by atoms with Gasteiger partial charge in [-0.1, -0.05) is 29.8 Å². The van der Waals surface area contributed by atoms with E-state index in [2.05, 4.69) is 37.3 Å². The van der Waals surface area contributed by atoms with Crippen LogP contribution >= 0.6 is 0 Å². The molecule has 0 fully saturated rings. The van der Waals surface area contributed by atoms with Crippen molar-refractivity contribution in [2.75, 3.05) is 0 Å². The molecule has 0 unspecified atom stereocenters. The van der Waals surface area contributed by atoms with E-state index in [-0.39, 0.29) is 6.61 Å². The summed E-state index contributed by atoms with van der Waals surface area (Å²) in [6.07, 6.45) is 0. The molecular formula is C13H14O. The zero-order chi connectivity index (χ0) is 10.1. The van der Waals surface area contributed by atoms with Gasteiger partial charge in [-0.25, -0.2) is 0 Å². The first-order valence-electron chi connectivity index (χ1n) is 4.81.